The molecule has 3 atom stereocenters. The zero-order chi connectivity index (χ0) is 11.4. The van der Waals surface area contributed by atoms with E-state index < -0.39 is 0 Å². The minimum Gasteiger partial charge on any atom is -0.468 e. The Balaban J connectivity index is 2.54. The number of hydrogen-bond donors (Lipinski definition) is 1. The van der Waals surface area contributed by atoms with E-state index in [2.05, 4.69) is 12.2 Å². The summed E-state index contributed by atoms with van der Waals surface area (Å²) in [5, 5.41) is 3.44. The second-order valence-electron chi connectivity index (χ2n) is 4.93. The fourth-order valence-corrected chi connectivity index (χ4v) is 2.28. The first-order valence-electron chi connectivity index (χ1n) is 5.90. The van der Waals surface area contributed by atoms with Crippen molar-refractivity contribution in [2.75, 3.05) is 7.11 Å². The van der Waals surface area contributed by atoms with Crippen LogP contribution < -0.4 is 5.32 Å². The molecular weight excluding hydrogens is 190 g/mol. The van der Waals surface area contributed by atoms with Crippen molar-refractivity contribution >= 4 is 5.97 Å². The minimum atomic E-state index is -0.152. The Bertz CT molecular complexity index is 216. The summed E-state index contributed by atoms with van der Waals surface area (Å²) in [5.74, 6) is 0.824. The third-order valence-electron chi connectivity index (χ3n) is 3.38. The van der Waals surface area contributed by atoms with Crippen LogP contribution in [0.2, 0.25) is 0 Å². The zero-order valence-corrected chi connectivity index (χ0v) is 10.2. The third-order valence-corrected chi connectivity index (χ3v) is 3.38. The van der Waals surface area contributed by atoms with Gasteiger partial charge in [-0.3, -0.25) is 4.79 Å². The molecule has 3 nitrogen and oxygen atoms in total. The topological polar surface area (TPSA) is 38.3 Å². The Kier molecular flexibility index (Phi) is 4.58. The Labute approximate surface area is 92.6 Å². The highest BCUT2D eigenvalue weighted by molar-refractivity contribution is 5.75. The summed E-state index contributed by atoms with van der Waals surface area (Å²) < 4.78 is 4.82. The summed E-state index contributed by atoms with van der Waals surface area (Å²) in [7, 11) is 1.46. The monoisotopic (exact) mass is 213 g/mol. The van der Waals surface area contributed by atoms with Gasteiger partial charge in [-0.1, -0.05) is 27.2 Å². The predicted octanol–water partition coefficient (Wildman–Crippen LogP) is 1.96. The van der Waals surface area contributed by atoms with E-state index >= 15 is 0 Å². The molecule has 0 aromatic rings. The lowest BCUT2D eigenvalue weighted by Gasteiger charge is -2.26. The normalized spacial score (nSPS) is 28.1. The second kappa shape index (κ2) is 5.50. The van der Waals surface area contributed by atoms with Gasteiger partial charge in [0.25, 0.3) is 0 Å². The fraction of sp³-hybridized carbons (Fsp3) is 0.917. The van der Waals surface area contributed by atoms with Gasteiger partial charge in [-0.25, -0.2) is 0 Å². The number of carbonyl (C=O) groups is 1. The smallest absolute Gasteiger partial charge is 0.323 e. The molecule has 0 spiro atoms. The van der Waals surface area contributed by atoms with Crippen LogP contribution in [0.1, 0.15) is 40.0 Å². The van der Waals surface area contributed by atoms with E-state index in [4.69, 9.17) is 4.74 Å². The average molecular weight is 213 g/mol. The van der Waals surface area contributed by atoms with E-state index in [0.29, 0.717) is 12.0 Å². The van der Waals surface area contributed by atoms with E-state index in [1.807, 2.05) is 13.8 Å². The maximum atomic E-state index is 11.6. The molecular formula is C12H23NO2. The first kappa shape index (κ1) is 12.5. The molecule has 0 radical (unpaired) electrons. The quantitative estimate of drug-likeness (QED) is 0.725. The van der Waals surface area contributed by atoms with Crippen molar-refractivity contribution in [2.24, 2.45) is 11.8 Å². The van der Waals surface area contributed by atoms with Crippen LogP contribution in [-0.4, -0.2) is 25.2 Å². The lowest BCUT2D eigenvalue weighted by molar-refractivity contribution is -0.144. The van der Waals surface area contributed by atoms with E-state index in [1.54, 1.807) is 0 Å². The lowest BCUT2D eigenvalue weighted by atomic mass is 10.00. The molecule has 0 amide bonds. The number of carbonyl (C=O) groups excluding carboxylic acids is 1. The van der Waals surface area contributed by atoms with Crippen LogP contribution in [0.3, 0.4) is 0 Å². The molecule has 0 bridgehead atoms. The summed E-state index contributed by atoms with van der Waals surface area (Å²) in [6.07, 6.45) is 3.72. The van der Waals surface area contributed by atoms with Crippen LogP contribution in [0.25, 0.3) is 0 Å². The fourth-order valence-electron chi connectivity index (χ4n) is 2.28. The van der Waals surface area contributed by atoms with Gasteiger partial charge in [0.15, 0.2) is 0 Å². The molecule has 1 N–H and O–H groups in total. The molecule has 1 aliphatic rings. The van der Waals surface area contributed by atoms with Crippen molar-refractivity contribution in [2.45, 2.75) is 52.1 Å². The average Bonchev–Trinajstić information content (AvgIpc) is 2.59. The number of methoxy groups -OCH3 is 1. The van der Waals surface area contributed by atoms with Gasteiger partial charge >= 0.3 is 5.97 Å². The lowest BCUT2D eigenvalue weighted by Crippen LogP contribution is -2.47. The van der Waals surface area contributed by atoms with Gasteiger partial charge < -0.3 is 10.1 Å². The second-order valence-corrected chi connectivity index (χ2v) is 4.93. The molecule has 0 heterocycles. The van der Waals surface area contributed by atoms with Crippen molar-refractivity contribution in [3.05, 3.63) is 0 Å². The van der Waals surface area contributed by atoms with Crippen LogP contribution in [0.4, 0.5) is 0 Å². The maximum Gasteiger partial charge on any atom is 0.323 e. The SMILES string of the molecule is COC(=O)[C@@H](NC1CCCC1C)C(C)C. The van der Waals surface area contributed by atoms with Gasteiger partial charge in [0.2, 0.25) is 0 Å². The maximum absolute atomic E-state index is 11.6. The molecule has 88 valence electrons. The number of ether oxygens (including phenoxy) is 1. The molecule has 3 heteroatoms. The van der Waals surface area contributed by atoms with Gasteiger partial charge in [0.05, 0.1) is 7.11 Å². The van der Waals surface area contributed by atoms with Crippen LogP contribution in [0, 0.1) is 11.8 Å². The van der Waals surface area contributed by atoms with Gasteiger partial charge in [0.1, 0.15) is 6.04 Å². The third kappa shape index (κ3) is 3.20. The number of hydrogen-bond acceptors (Lipinski definition) is 3. The summed E-state index contributed by atoms with van der Waals surface area (Å²) in [6.45, 7) is 6.35. The molecule has 0 aromatic heterocycles. The zero-order valence-electron chi connectivity index (χ0n) is 10.2. The van der Waals surface area contributed by atoms with Crippen molar-refractivity contribution in [1.82, 2.24) is 5.32 Å². The van der Waals surface area contributed by atoms with Gasteiger partial charge in [0, 0.05) is 6.04 Å². The number of esters is 1. The molecule has 15 heavy (non-hydrogen) atoms. The molecule has 0 aliphatic heterocycles. The number of rotatable bonds is 4. The highest BCUT2D eigenvalue weighted by Gasteiger charge is 2.30. The summed E-state index contributed by atoms with van der Waals surface area (Å²) in [4.78, 5) is 11.6. The summed E-state index contributed by atoms with van der Waals surface area (Å²) >= 11 is 0. The first-order valence-corrected chi connectivity index (χ1v) is 5.90. The summed E-state index contributed by atoms with van der Waals surface area (Å²) in [6, 6.07) is 0.331. The largest absolute Gasteiger partial charge is 0.468 e. The van der Waals surface area contributed by atoms with Crippen molar-refractivity contribution < 1.29 is 9.53 Å². The van der Waals surface area contributed by atoms with E-state index in [9.17, 15) is 4.79 Å². The molecule has 1 rings (SSSR count). The summed E-state index contributed by atoms with van der Waals surface area (Å²) in [5.41, 5.74) is 0. The molecule has 1 aliphatic carbocycles. The highest BCUT2D eigenvalue weighted by Crippen LogP contribution is 2.25. The van der Waals surface area contributed by atoms with Crippen LogP contribution >= 0.6 is 0 Å². The minimum absolute atomic E-state index is 0.135. The number of nitrogens with one attached hydrogen (secondary N) is 1. The molecule has 1 fully saturated rings. The van der Waals surface area contributed by atoms with E-state index in [1.165, 1.54) is 26.4 Å². The standard InChI is InChI=1S/C12H23NO2/c1-8(2)11(12(14)15-4)13-10-7-5-6-9(10)3/h8-11,13H,5-7H2,1-4H3/t9?,10?,11-/m0/s1. The van der Waals surface area contributed by atoms with Gasteiger partial charge in [-0.2, -0.15) is 0 Å². The van der Waals surface area contributed by atoms with Gasteiger partial charge in [-0.15, -0.1) is 0 Å². The molecule has 0 aromatic carbocycles. The Morgan fingerprint density at radius 3 is 2.47 bits per heavy atom. The van der Waals surface area contributed by atoms with Crippen molar-refractivity contribution in [3.63, 3.8) is 0 Å². The first-order chi connectivity index (χ1) is 7.06. The van der Waals surface area contributed by atoms with E-state index in [-0.39, 0.29) is 17.9 Å². The van der Waals surface area contributed by atoms with Crippen LogP contribution in [0.15, 0.2) is 0 Å². The van der Waals surface area contributed by atoms with Gasteiger partial charge in [-0.05, 0) is 24.7 Å². The van der Waals surface area contributed by atoms with Crippen molar-refractivity contribution in [3.8, 4) is 0 Å². The Morgan fingerprint density at radius 2 is 2.07 bits per heavy atom. The highest BCUT2D eigenvalue weighted by atomic mass is 16.5. The Hall–Kier alpha value is -0.570. The Morgan fingerprint density at radius 1 is 1.40 bits per heavy atom. The van der Waals surface area contributed by atoms with Crippen LogP contribution in [-0.2, 0) is 9.53 Å². The molecule has 0 saturated heterocycles. The predicted molar refractivity (Wildman–Crippen MR) is 60.6 cm³/mol. The molecule has 2 unspecified atom stereocenters. The van der Waals surface area contributed by atoms with E-state index in [0.717, 1.165) is 0 Å². The van der Waals surface area contributed by atoms with Crippen LogP contribution in [0.5, 0.6) is 0 Å². The molecule has 1 saturated carbocycles. The van der Waals surface area contributed by atoms with Crippen molar-refractivity contribution in [1.29, 1.82) is 0 Å².